The van der Waals surface area contributed by atoms with Crippen molar-refractivity contribution in [3.05, 3.63) is 30.3 Å². The van der Waals surface area contributed by atoms with Crippen LogP contribution < -0.4 is 10.2 Å². The summed E-state index contributed by atoms with van der Waals surface area (Å²) in [6, 6.07) is 10.9. The fourth-order valence-electron chi connectivity index (χ4n) is 2.45. The third-order valence-electron chi connectivity index (χ3n) is 3.54. The Morgan fingerprint density at radius 1 is 1.33 bits per heavy atom. The van der Waals surface area contributed by atoms with E-state index in [4.69, 9.17) is 4.74 Å². The summed E-state index contributed by atoms with van der Waals surface area (Å²) in [7, 11) is 0. The molecule has 0 spiro atoms. The van der Waals surface area contributed by atoms with Gasteiger partial charge in [0.25, 0.3) is 6.47 Å². The van der Waals surface area contributed by atoms with E-state index in [9.17, 15) is 4.79 Å². The van der Waals surface area contributed by atoms with Gasteiger partial charge >= 0.3 is 0 Å². The van der Waals surface area contributed by atoms with Gasteiger partial charge in [-0.15, -0.1) is 0 Å². The first-order valence-electron chi connectivity index (χ1n) is 8.50. The van der Waals surface area contributed by atoms with Crippen LogP contribution in [0.5, 0.6) is 0 Å². The van der Waals surface area contributed by atoms with Crippen LogP contribution in [0.3, 0.4) is 0 Å². The Labute approximate surface area is 146 Å². The van der Waals surface area contributed by atoms with Crippen molar-refractivity contribution in [1.82, 2.24) is 5.32 Å². The van der Waals surface area contributed by atoms with E-state index in [2.05, 4.69) is 66.1 Å². The average Bonchev–Trinajstić information content (AvgIpc) is 2.84. The van der Waals surface area contributed by atoms with E-state index < -0.39 is 0 Å². The molecular formula is C19H32N2O3. The molecule has 0 amide bonds. The Morgan fingerprint density at radius 3 is 2.33 bits per heavy atom. The average molecular weight is 336 g/mol. The van der Waals surface area contributed by atoms with E-state index in [0.29, 0.717) is 12.5 Å². The molecule has 24 heavy (non-hydrogen) atoms. The molecule has 0 aliphatic carbocycles. The number of hydrogen-bond donors (Lipinski definition) is 1. The molecule has 1 aliphatic rings. The number of nitrogens with zero attached hydrogens (tertiary/aromatic N) is 1. The standard InChI is InChI=1S/C14H22N2O.C5H10O2/c1-4-16(13-8-6-5-7-9-13)10-12-11-17-14(2,3)15-12;1-5(2,3)7-4-6/h5-9,12,15H,4,10-11H2,1-3H3;4H,1-3H3. The molecule has 0 saturated carbocycles. The predicted molar refractivity (Wildman–Crippen MR) is 98.2 cm³/mol. The molecule has 2 rings (SSSR count). The zero-order valence-electron chi connectivity index (χ0n) is 15.8. The van der Waals surface area contributed by atoms with Crippen LogP contribution in [0.25, 0.3) is 0 Å². The largest absolute Gasteiger partial charge is 0.462 e. The maximum Gasteiger partial charge on any atom is 0.293 e. The van der Waals surface area contributed by atoms with Gasteiger partial charge in [0.05, 0.1) is 12.6 Å². The molecule has 5 nitrogen and oxygen atoms in total. The van der Waals surface area contributed by atoms with Crippen LogP contribution in [0, 0.1) is 0 Å². The lowest BCUT2D eigenvalue weighted by molar-refractivity contribution is -0.138. The minimum absolute atomic E-state index is 0.180. The second kappa shape index (κ2) is 9.04. The number of carbonyl (C=O) groups excluding carboxylic acids is 1. The van der Waals surface area contributed by atoms with Crippen LogP contribution in [-0.2, 0) is 14.3 Å². The van der Waals surface area contributed by atoms with E-state index in [-0.39, 0.29) is 11.3 Å². The lowest BCUT2D eigenvalue weighted by Gasteiger charge is -2.27. The Balaban J connectivity index is 0.000000351. The molecule has 1 heterocycles. The number of benzene rings is 1. The van der Waals surface area contributed by atoms with Gasteiger partial charge in [-0.3, -0.25) is 10.1 Å². The Hall–Kier alpha value is -1.59. The van der Waals surface area contributed by atoms with Crippen molar-refractivity contribution in [2.75, 3.05) is 24.6 Å². The van der Waals surface area contributed by atoms with Gasteiger partial charge in [0.2, 0.25) is 0 Å². The lowest BCUT2D eigenvalue weighted by Crippen LogP contribution is -2.44. The van der Waals surface area contributed by atoms with Gasteiger partial charge in [-0.25, -0.2) is 0 Å². The molecule has 0 aromatic heterocycles. The van der Waals surface area contributed by atoms with Crippen LogP contribution in [0.15, 0.2) is 30.3 Å². The van der Waals surface area contributed by atoms with Crippen LogP contribution in [0.1, 0.15) is 41.5 Å². The summed E-state index contributed by atoms with van der Waals surface area (Å²) in [6.07, 6.45) is 0. The monoisotopic (exact) mass is 336 g/mol. The first kappa shape index (κ1) is 20.5. The summed E-state index contributed by atoms with van der Waals surface area (Å²) in [5.41, 5.74) is 0.782. The number of rotatable bonds is 5. The van der Waals surface area contributed by atoms with Gasteiger partial charge in [0.1, 0.15) is 11.3 Å². The molecule has 1 aliphatic heterocycles. The summed E-state index contributed by atoms with van der Waals surface area (Å²) < 4.78 is 10.2. The highest BCUT2D eigenvalue weighted by Gasteiger charge is 2.31. The smallest absolute Gasteiger partial charge is 0.293 e. The third-order valence-corrected chi connectivity index (χ3v) is 3.54. The molecule has 1 saturated heterocycles. The van der Waals surface area contributed by atoms with Crippen LogP contribution in [0.2, 0.25) is 0 Å². The van der Waals surface area contributed by atoms with Crippen LogP contribution in [-0.4, -0.2) is 43.5 Å². The second-order valence-corrected chi connectivity index (χ2v) is 7.36. The lowest BCUT2D eigenvalue weighted by atomic mass is 10.2. The van der Waals surface area contributed by atoms with Crippen molar-refractivity contribution in [3.8, 4) is 0 Å². The molecule has 0 radical (unpaired) electrons. The van der Waals surface area contributed by atoms with Crippen molar-refractivity contribution >= 4 is 12.2 Å². The summed E-state index contributed by atoms with van der Waals surface area (Å²) in [5.74, 6) is 0. The molecule has 1 atom stereocenters. The van der Waals surface area contributed by atoms with Gasteiger partial charge in [-0.05, 0) is 53.7 Å². The minimum Gasteiger partial charge on any atom is -0.462 e. The summed E-state index contributed by atoms with van der Waals surface area (Å²) in [6.45, 7) is 15.1. The second-order valence-electron chi connectivity index (χ2n) is 7.36. The van der Waals surface area contributed by atoms with Crippen molar-refractivity contribution < 1.29 is 14.3 Å². The Morgan fingerprint density at radius 2 is 1.96 bits per heavy atom. The number of anilines is 1. The highest BCUT2D eigenvalue weighted by atomic mass is 16.5. The van der Waals surface area contributed by atoms with E-state index in [0.717, 1.165) is 19.7 Å². The van der Waals surface area contributed by atoms with E-state index >= 15 is 0 Å². The maximum atomic E-state index is 9.60. The molecule has 5 heteroatoms. The molecule has 1 aromatic rings. The normalized spacial score (nSPS) is 19.2. The number of nitrogens with one attached hydrogen (secondary N) is 1. The van der Waals surface area contributed by atoms with E-state index in [1.54, 1.807) is 0 Å². The van der Waals surface area contributed by atoms with Crippen molar-refractivity contribution in [2.24, 2.45) is 0 Å². The number of carbonyl (C=O) groups is 1. The highest BCUT2D eigenvalue weighted by molar-refractivity contribution is 5.46. The fourth-order valence-corrected chi connectivity index (χ4v) is 2.45. The predicted octanol–water partition coefficient (Wildman–Crippen LogP) is 3.20. The summed E-state index contributed by atoms with van der Waals surface area (Å²) in [5, 5.41) is 3.50. The molecular weight excluding hydrogens is 304 g/mol. The van der Waals surface area contributed by atoms with Gasteiger partial charge in [0.15, 0.2) is 0 Å². The zero-order chi connectivity index (χ0) is 18.2. The fraction of sp³-hybridized carbons (Fsp3) is 0.632. The molecule has 1 aromatic carbocycles. The first-order chi connectivity index (χ1) is 11.2. The minimum atomic E-state index is -0.318. The van der Waals surface area contributed by atoms with Crippen molar-refractivity contribution in [1.29, 1.82) is 0 Å². The van der Waals surface area contributed by atoms with Crippen LogP contribution in [0.4, 0.5) is 5.69 Å². The number of para-hydroxylation sites is 1. The highest BCUT2D eigenvalue weighted by Crippen LogP contribution is 2.18. The number of ether oxygens (including phenoxy) is 2. The van der Waals surface area contributed by atoms with E-state index in [1.807, 2.05) is 20.8 Å². The Bertz CT molecular complexity index is 483. The number of likely N-dealkylation sites (N-methyl/N-ethyl adjacent to an activating group) is 1. The molecule has 1 unspecified atom stereocenters. The first-order valence-corrected chi connectivity index (χ1v) is 8.50. The molecule has 1 fully saturated rings. The molecule has 1 N–H and O–H groups in total. The summed E-state index contributed by atoms with van der Waals surface area (Å²) >= 11 is 0. The quantitative estimate of drug-likeness (QED) is 0.837. The topological polar surface area (TPSA) is 50.8 Å². The van der Waals surface area contributed by atoms with Gasteiger partial charge in [-0.1, -0.05) is 18.2 Å². The zero-order valence-corrected chi connectivity index (χ0v) is 15.8. The number of hydrogen-bond acceptors (Lipinski definition) is 5. The Kier molecular flexibility index (Phi) is 7.70. The van der Waals surface area contributed by atoms with Gasteiger partial charge in [0, 0.05) is 18.8 Å². The summed E-state index contributed by atoms with van der Waals surface area (Å²) in [4.78, 5) is 12.0. The SMILES string of the molecule is CC(C)(C)OC=O.CCN(CC1COC(C)(C)N1)c1ccccc1. The van der Waals surface area contributed by atoms with Gasteiger partial charge < -0.3 is 14.4 Å². The van der Waals surface area contributed by atoms with Gasteiger partial charge in [-0.2, -0.15) is 0 Å². The van der Waals surface area contributed by atoms with Crippen molar-refractivity contribution in [2.45, 2.75) is 58.9 Å². The third kappa shape index (κ3) is 7.79. The van der Waals surface area contributed by atoms with Crippen LogP contribution >= 0.6 is 0 Å². The van der Waals surface area contributed by atoms with Crippen molar-refractivity contribution in [3.63, 3.8) is 0 Å². The maximum absolute atomic E-state index is 9.60. The van der Waals surface area contributed by atoms with E-state index in [1.165, 1.54) is 5.69 Å². The molecule has 136 valence electrons. The molecule has 0 bridgehead atoms.